The molecule has 0 unspecified atom stereocenters. The van der Waals surface area contributed by atoms with E-state index in [1.165, 1.54) is 12.1 Å². The molecule has 6 aromatic rings. The average molecular weight is 425 g/mol. The standard InChI is InChI=1S/C29H16FN3/c30-24-11-12-27-22(15-24)14-23-16-26(25-2-1-13-32-29(25)28(23)33-27)21-9-7-20(8-10-21)19-5-3-18(17-31)4-6-19/h1-16H. The van der Waals surface area contributed by atoms with Crippen LogP contribution in [0.5, 0.6) is 0 Å². The van der Waals surface area contributed by atoms with Gasteiger partial charge < -0.3 is 0 Å². The summed E-state index contributed by atoms with van der Waals surface area (Å²) in [7, 11) is 0. The van der Waals surface area contributed by atoms with Gasteiger partial charge in [-0.1, -0.05) is 42.5 Å². The number of nitrogens with zero attached hydrogens (tertiary/aromatic N) is 3. The molecular weight excluding hydrogens is 409 g/mol. The highest BCUT2D eigenvalue weighted by Gasteiger charge is 2.12. The van der Waals surface area contributed by atoms with Gasteiger partial charge in [0.25, 0.3) is 0 Å². The van der Waals surface area contributed by atoms with Crippen molar-refractivity contribution in [3.8, 4) is 28.3 Å². The second-order valence-corrected chi connectivity index (χ2v) is 7.99. The van der Waals surface area contributed by atoms with Crippen molar-refractivity contribution >= 4 is 32.7 Å². The Balaban J connectivity index is 1.53. The van der Waals surface area contributed by atoms with Crippen molar-refractivity contribution in [2.24, 2.45) is 0 Å². The molecule has 0 radical (unpaired) electrons. The van der Waals surface area contributed by atoms with Crippen LogP contribution >= 0.6 is 0 Å². The molecule has 2 aromatic heterocycles. The predicted octanol–water partition coefficient (Wildman–Crippen LogP) is 7.28. The number of benzene rings is 4. The Morgan fingerprint density at radius 2 is 1.42 bits per heavy atom. The lowest BCUT2D eigenvalue weighted by Crippen LogP contribution is -1.91. The minimum Gasteiger partial charge on any atom is -0.254 e. The lowest BCUT2D eigenvalue weighted by atomic mass is 9.95. The van der Waals surface area contributed by atoms with Crippen LogP contribution in [0.25, 0.3) is 55.0 Å². The van der Waals surface area contributed by atoms with Gasteiger partial charge in [-0.25, -0.2) is 9.37 Å². The van der Waals surface area contributed by atoms with E-state index in [1.54, 1.807) is 12.3 Å². The van der Waals surface area contributed by atoms with Gasteiger partial charge in [-0.3, -0.25) is 4.98 Å². The average Bonchev–Trinajstić information content (AvgIpc) is 2.87. The van der Waals surface area contributed by atoms with Crippen LogP contribution in [0.3, 0.4) is 0 Å². The van der Waals surface area contributed by atoms with Crippen LogP contribution in [0.2, 0.25) is 0 Å². The predicted molar refractivity (Wildman–Crippen MR) is 130 cm³/mol. The first-order valence-electron chi connectivity index (χ1n) is 10.6. The monoisotopic (exact) mass is 425 g/mol. The fraction of sp³-hybridized carbons (Fsp3) is 0. The van der Waals surface area contributed by atoms with E-state index in [4.69, 9.17) is 10.2 Å². The van der Waals surface area contributed by atoms with Crippen molar-refractivity contribution in [1.82, 2.24) is 9.97 Å². The molecule has 154 valence electrons. The summed E-state index contributed by atoms with van der Waals surface area (Å²) < 4.78 is 13.8. The summed E-state index contributed by atoms with van der Waals surface area (Å²) in [5.74, 6) is -0.277. The van der Waals surface area contributed by atoms with Crippen LogP contribution in [-0.4, -0.2) is 9.97 Å². The molecule has 0 saturated carbocycles. The summed E-state index contributed by atoms with van der Waals surface area (Å²) in [5.41, 5.74) is 7.27. The van der Waals surface area contributed by atoms with Crippen LogP contribution in [0.1, 0.15) is 5.56 Å². The van der Waals surface area contributed by atoms with Crippen LogP contribution < -0.4 is 0 Å². The van der Waals surface area contributed by atoms with Gasteiger partial charge in [0.05, 0.1) is 28.2 Å². The molecule has 0 N–H and O–H groups in total. The fourth-order valence-corrected chi connectivity index (χ4v) is 4.33. The summed E-state index contributed by atoms with van der Waals surface area (Å²) in [6, 6.07) is 30.8. The van der Waals surface area contributed by atoms with Gasteiger partial charge in [0.2, 0.25) is 0 Å². The van der Waals surface area contributed by atoms with E-state index in [-0.39, 0.29) is 5.82 Å². The number of hydrogen-bond donors (Lipinski definition) is 0. The molecule has 0 fully saturated rings. The molecule has 0 aliphatic rings. The van der Waals surface area contributed by atoms with Crippen molar-refractivity contribution in [2.75, 3.05) is 0 Å². The number of nitriles is 1. The van der Waals surface area contributed by atoms with Gasteiger partial charge in [0, 0.05) is 22.4 Å². The minimum atomic E-state index is -0.277. The maximum Gasteiger partial charge on any atom is 0.123 e. The zero-order chi connectivity index (χ0) is 22.4. The summed E-state index contributed by atoms with van der Waals surface area (Å²) in [5, 5.41) is 11.7. The highest BCUT2D eigenvalue weighted by molar-refractivity contribution is 6.12. The minimum absolute atomic E-state index is 0.277. The first kappa shape index (κ1) is 19.1. The summed E-state index contributed by atoms with van der Waals surface area (Å²) in [6.45, 7) is 0. The number of fused-ring (bicyclic) bond motifs is 4. The molecule has 0 aliphatic heterocycles. The highest BCUT2D eigenvalue weighted by atomic mass is 19.1. The van der Waals surface area contributed by atoms with Gasteiger partial charge in [0.15, 0.2) is 0 Å². The van der Waals surface area contributed by atoms with E-state index < -0.39 is 0 Å². The van der Waals surface area contributed by atoms with E-state index in [2.05, 4.69) is 47.5 Å². The summed E-state index contributed by atoms with van der Waals surface area (Å²) in [6.07, 6.45) is 1.77. The third-order valence-corrected chi connectivity index (χ3v) is 5.97. The SMILES string of the molecule is N#Cc1ccc(-c2ccc(-c3cc4cc5cc(F)ccc5nc4c4ncccc34)cc2)cc1. The van der Waals surface area contributed by atoms with E-state index >= 15 is 0 Å². The quantitative estimate of drug-likeness (QED) is 0.216. The van der Waals surface area contributed by atoms with Crippen molar-refractivity contribution < 1.29 is 4.39 Å². The molecule has 2 heterocycles. The molecule has 4 heteroatoms. The van der Waals surface area contributed by atoms with Crippen LogP contribution in [-0.2, 0) is 0 Å². The molecular formula is C29H16FN3. The lowest BCUT2D eigenvalue weighted by Gasteiger charge is -2.11. The molecule has 0 atom stereocenters. The zero-order valence-electron chi connectivity index (χ0n) is 17.5. The van der Waals surface area contributed by atoms with Gasteiger partial charge >= 0.3 is 0 Å². The second-order valence-electron chi connectivity index (χ2n) is 7.99. The number of pyridine rings is 2. The molecule has 6 rings (SSSR count). The summed E-state index contributed by atoms with van der Waals surface area (Å²) in [4.78, 5) is 9.44. The van der Waals surface area contributed by atoms with Crippen LogP contribution in [0.15, 0.2) is 97.2 Å². The molecule has 33 heavy (non-hydrogen) atoms. The highest BCUT2D eigenvalue weighted by Crippen LogP contribution is 2.35. The van der Waals surface area contributed by atoms with E-state index in [1.807, 2.05) is 36.4 Å². The molecule has 4 aromatic carbocycles. The number of halogens is 1. The van der Waals surface area contributed by atoms with Crippen molar-refractivity contribution in [2.45, 2.75) is 0 Å². The van der Waals surface area contributed by atoms with Gasteiger partial charge in [-0.2, -0.15) is 5.26 Å². The Hall–Kier alpha value is -4.62. The van der Waals surface area contributed by atoms with E-state index in [0.29, 0.717) is 5.56 Å². The Labute approximate surface area is 189 Å². The second kappa shape index (κ2) is 7.51. The molecule has 3 nitrogen and oxygen atoms in total. The molecule has 0 spiro atoms. The Bertz CT molecular complexity index is 1710. The Kier molecular flexibility index (Phi) is 4.34. The van der Waals surface area contributed by atoms with Crippen LogP contribution in [0, 0.1) is 17.1 Å². The third-order valence-electron chi connectivity index (χ3n) is 5.97. The molecule has 0 aliphatic carbocycles. The van der Waals surface area contributed by atoms with E-state index in [9.17, 15) is 4.39 Å². The first-order valence-corrected chi connectivity index (χ1v) is 10.6. The molecule has 0 amide bonds. The number of rotatable bonds is 2. The third kappa shape index (κ3) is 3.28. The number of hydrogen-bond acceptors (Lipinski definition) is 3. The fourth-order valence-electron chi connectivity index (χ4n) is 4.33. The largest absolute Gasteiger partial charge is 0.254 e. The Morgan fingerprint density at radius 1 is 0.697 bits per heavy atom. The maximum atomic E-state index is 13.8. The van der Waals surface area contributed by atoms with Crippen LogP contribution in [0.4, 0.5) is 4.39 Å². The van der Waals surface area contributed by atoms with Gasteiger partial charge in [-0.05, 0) is 70.8 Å². The van der Waals surface area contributed by atoms with Crippen molar-refractivity contribution in [3.63, 3.8) is 0 Å². The number of aromatic nitrogens is 2. The molecule has 0 saturated heterocycles. The normalized spacial score (nSPS) is 11.2. The zero-order valence-corrected chi connectivity index (χ0v) is 17.5. The van der Waals surface area contributed by atoms with E-state index in [0.717, 1.165) is 55.0 Å². The molecule has 0 bridgehead atoms. The topological polar surface area (TPSA) is 49.6 Å². The van der Waals surface area contributed by atoms with Gasteiger partial charge in [-0.15, -0.1) is 0 Å². The first-order chi connectivity index (χ1) is 16.2. The maximum absolute atomic E-state index is 13.8. The van der Waals surface area contributed by atoms with Gasteiger partial charge in [0.1, 0.15) is 5.82 Å². The Morgan fingerprint density at radius 3 is 2.18 bits per heavy atom. The lowest BCUT2D eigenvalue weighted by molar-refractivity contribution is 0.629. The van der Waals surface area contributed by atoms with Crippen molar-refractivity contribution in [3.05, 3.63) is 109 Å². The summed E-state index contributed by atoms with van der Waals surface area (Å²) >= 11 is 0. The van der Waals surface area contributed by atoms with Crippen molar-refractivity contribution in [1.29, 1.82) is 5.26 Å². The smallest absolute Gasteiger partial charge is 0.123 e.